The number of aliphatic imine (C=N–C) groups is 1. The van der Waals surface area contributed by atoms with Crippen LogP contribution in [0.1, 0.15) is 63.6 Å². The maximum Gasteiger partial charge on any atom is 0.130 e. The van der Waals surface area contributed by atoms with Crippen molar-refractivity contribution in [3.8, 4) is 5.75 Å². The first-order chi connectivity index (χ1) is 19.7. The second-order valence-electron chi connectivity index (χ2n) is 12.4. The van der Waals surface area contributed by atoms with Gasteiger partial charge in [0.05, 0.1) is 0 Å². The fourth-order valence-corrected chi connectivity index (χ4v) is 6.39. The van der Waals surface area contributed by atoms with Gasteiger partial charge in [0.25, 0.3) is 0 Å². The van der Waals surface area contributed by atoms with Gasteiger partial charge in [-0.05, 0) is 72.2 Å². The van der Waals surface area contributed by atoms with Gasteiger partial charge in [-0.3, -0.25) is 4.99 Å². The van der Waals surface area contributed by atoms with Crippen molar-refractivity contribution >= 4 is 17.1 Å². The van der Waals surface area contributed by atoms with E-state index in [0.29, 0.717) is 0 Å². The molecule has 2 heterocycles. The molecular formula is C38H38N2OV2-2. The van der Waals surface area contributed by atoms with Gasteiger partial charge in [-0.2, -0.15) is 36.4 Å². The minimum Gasteiger partial charge on any atom is -0.482 e. The molecule has 3 aromatic rings. The first kappa shape index (κ1) is 33.0. The van der Waals surface area contributed by atoms with Crippen LogP contribution in [0.2, 0.25) is 0 Å². The molecule has 0 saturated carbocycles. The van der Waals surface area contributed by atoms with Crippen molar-refractivity contribution in [1.29, 1.82) is 0 Å². The minimum absolute atomic E-state index is 0. The summed E-state index contributed by atoms with van der Waals surface area (Å²) in [6.07, 6.45) is 12.0. The third-order valence-electron chi connectivity index (χ3n) is 8.85. The summed E-state index contributed by atoms with van der Waals surface area (Å²) in [4.78, 5) is 7.30. The molecule has 3 aromatic carbocycles. The maximum atomic E-state index is 6.63. The van der Waals surface area contributed by atoms with Crippen molar-refractivity contribution in [2.24, 2.45) is 4.99 Å². The molecule has 0 fully saturated rings. The topological polar surface area (TPSA) is 24.8 Å². The molecule has 218 valence electrons. The number of hydrogen-bond acceptors (Lipinski definition) is 3. The van der Waals surface area contributed by atoms with Crippen molar-refractivity contribution in [2.75, 3.05) is 11.9 Å². The van der Waals surface area contributed by atoms with E-state index >= 15 is 0 Å². The Morgan fingerprint density at radius 1 is 0.860 bits per heavy atom. The van der Waals surface area contributed by atoms with E-state index in [1.807, 2.05) is 36.4 Å². The van der Waals surface area contributed by atoms with Crippen LogP contribution < -0.4 is 9.64 Å². The van der Waals surface area contributed by atoms with Crippen molar-refractivity contribution in [3.05, 3.63) is 136 Å². The molecule has 0 saturated heterocycles. The summed E-state index contributed by atoms with van der Waals surface area (Å²) in [5, 5.41) is 0. The van der Waals surface area contributed by atoms with E-state index in [1.165, 1.54) is 39.2 Å². The third kappa shape index (κ3) is 6.19. The molecular weight excluding hydrogens is 602 g/mol. The number of allylic oxidation sites excluding steroid dienone is 7. The SMILES string of the molecule is Cc1ccc2c(c1)C(C)(C)/C(=C\C=C1/CCCC(/C=C/C3=Nc4cc[c-]cc4C3(C)C)=C1Oc1cc[c-]cc1)N2C.[V].[V]. The van der Waals surface area contributed by atoms with Crippen LogP contribution in [0.15, 0.2) is 113 Å². The molecule has 2 aliphatic heterocycles. The van der Waals surface area contributed by atoms with E-state index < -0.39 is 0 Å². The standard InChI is InChI=1S/C38H38N2O.2V/c1-26-19-22-33-31(25-26)38(4,5)35(40(33)6)24-21-28-14-12-13-27(36(28)41-29-15-8-7-9-16-29)20-23-34-37(2,3)30-17-10-11-18-32(30)39-34;;/h8-9,11,15-25H,12-14H2,1-6H3;;/q-2;;/b23-20+,28-21+,35-24+;;. The molecule has 0 amide bonds. The second kappa shape index (κ2) is 13.0. The third-order valence-corrected chi connectivity index (χ3v) is 8.85. The van der Waals surface area contributed by atoms with E-state index in [1.54, 1.807) is 0 Å². The van der Waals surface area contributed by atoms with Crippen LogP contribution in [-0.2, 0) is 47.9 Å². The summed E-state index contributed by atoms with van der Waals surface area (Å²) in [5.74, 6) is 1.78. The van der Waals surface area contributed by atoms with Crippen molar-refractivity contribution < 1.29 is 41.8 Å². The summed E-state index contributed by atoms with van der Waals surface area (Å²) in [6, 6.07) is 26.9. The average molecular weight is 641 g/mol. The van der Waals surface area contributed by atoms with Gasteiger partial charge in [0, 0.05) is 72.4 Å². The monoisotopic (exact) mass is 640 g/mol. The van der Waals surface area contributed by atoms with Gasteiger partial charge < -0.3 is 9.64 Å². The molecule has 3 nitrogen and oxygen atoms in total. The van der Waals surface area contributed by atoms with Crippen molar-refractivity contribution in [2.45, 2.75) is 64.7 Å². The number of aryl methyl sites for hydroxylation is 1. The number of fused-ring (bicyclic) bond motifs is 2. The number of ether oxygens (including phenoxy) is 1. The Morgan fingerprint density at radius 2 is 1.60 bits per heavy atom. The number of likely N-dealkylation sites (N-methyl/N-ethyl adjacent to an activating group) is 1. The zero-order valence-electron chi connectivity index (χ0n) is 25.9. The Kier molecular flexibility index (Phi) is 9.94. The number of benzene rings is 3. The van der Waals surface area contributed by atoms with E-state index in [-0.39, 0.29) is 47.9 Å². The molecule has 5 heteroatoms. The normalized spacial score (nSPS) is 20.0. The smallest absolute Gasteiger partial charge is 0.130 e. The zero-order valence-corrected chi connectivity index (χ0v) is 28.7. The van der Waals surface area contributed by atoms with E-state index in [9.17, 15) is 0 Å². The first-order valence-corrected chi connectivity index (χ1v) is 14.6. The number of nitrogens with zero attached hydrogens (tertiary/aromatic N) is 2. The van der Waals surface area contributed by atoms with Gasteiger partial charge in [-0.1, -0.05) is 57.5 Å². The molecule has 0 unspecified atom stereocenters. The summed E-state index contributed by atoms with van der Waals surface area (Å²) < 4.78 is 6.63. The van der Waals surface area contributed by atoms with Crippen molar-refractivity contribution in [1.82, 2.24) is 0 Å². The summed E-state index contributed by atoms with van der Waals surface area (Å²) in [6.45, 7) is 11.3. The number of rotatable bonds is 5. The van der Waals surface area contributed by atoms with Crippen LogP contribution in [0.5, 0.6) is 5.75 Å². The van der Waals surface area contributed by atoms with Gasteiger partial charge in [-0.15, -0.1) is 23.8 Å². The average Bonchev–Trinajstić information content (AvgIpc) is 3.32. The summed E-state index contributed by atoms with van der Waals surface area (Å²) >= 11 is 0. The van der Waals surface area contributed by atoms with Crippen LogP contribution >= 0.6 is 0 Å². The minimum atomic E-state index is -0.163. The predicted molar refractivity (Wildman–Crippen MR) is 170 cm³/mol. The maximum absolute atomic E-state index is 6.63. The van der Waals surface area contributed by atoms with Gasteiger partial charge >= 0.3 is 0 Å². The number of anilines is 1. The second-order valence-corrected chi connectivity index (χ2v) is 12.4. The summed E-state index contributed by atoms with van der Waals surface area (Å²) in [7, 11) is 2.18. The van der Waals surface area contributed by atoms with Crippen LogP contribution in [0.25, 0.3) is 0 Å². The quantitative estimate of drug-likeness (QED) is 0.260. The Morgan fingerprint density at radius 3 is 2.35 bits per heavy atom. The molecule has 0 aromatic heterocycles. The molecule has 0 spiro atoms. The fourth-order valence-electron chi connectivity index (χ4n) is 6.39. The van der Waals surface area contributed by atoms with E-state index in [2.05, 4.69) is 107 Å². The predicted octanol–water partition coefficient (Wildman–Crippen LogP) is 9.27. The van der Waals surface area contributed by atoms with Gasteiger partial charge in [-0.25, -0.2) is 0 Å². The first-order valence-electron chi connectivity index (χ1n) is 14.6. The molecule has 0 N–H and O–H groups in total. The van der Waals surface area contributed by atoms with Crippen LogP contribution in [-0.4, -0.2) is 12.8 Å². The largest absolute Gasteiger partial charge is 0.482 e. The Balaban J connectivity index is 0.00000212. The van der Waals surface area contributed by atoms with Crippen molar-refractivity contribution in [3.63, 3.8) is 0 Å². The number of hydrogen-bond donors (Lipinski definition) is 0. The molecule has 6 rings (SSSR count). The Labute approximate surface area is 281 Å². The van der Waals surface area contributed by atoms with E-state index in [4.69, 9.17) is 9.73 Å². The molecule has 1 aliphatic carbocycles. The van der Waals surface area contributed by atoms with Gasteiger partial charge in [0.2, 0.25) is 0 Å². The molecule has 2 radical (unpaired) electrons. The van der Waals surface area contributed by atoms with Gasteiger partial charge in [0.1, 0.15) is 5.76 Å². The Hall–Kier alpha value is -2.94. The van der Waals surface area contributed by atoms with Crippen LogP contribution in [0.3, 0.4) is 0 Å². The molecule has 0 bridgehead atoms. The molecule has 43 heavy (non-hydrogen) atoms. The fraction of sp³-hybridized carbons (Fsp3) is 0.289. The van der Waals surface area contributed by atoms with Crippen LogP contribution in [0, 0.1) is 19.1 Å². The molecule has 3 aliphatic rings. The summed E-state index contributed by atoms with van der Waals surface area (Å²) in [5.41, 5.74) is 10.7. The van der Waals surface area contributed by atoms with Gasteiger partial charge in [0.15, 0.2) is 0 Å². The van der Waals surface area contributed by atoms with Crippen LogP contribution in [0.4, 0.5) is 11.4 Å². The van der Waals surface area contributed by atoms with E-state index in [0.717, 1.165) is 42.2 Å². The zero-order chi connectivity index (χ0) is 28.8. The Bertz CT molecular complexity index is 1660. The molecule has 0 atom stereocenters.